The average molecular weight is 282 g/mol. The molecule has 0 fully saturated rings. The lowest BCUT2D eigenvalue weighted by Crippen LogP contribution is -2.32. The van der Waals surface area contributed by atoms with Crippen LogP contribution >= 0.6 is 15.9 Å². The first-order valence-corrected chi connectivity index (χ1v) is 5.70. The van der Waals surface area contributed by atoms with Gasteiger partial charge in [0.15, 0.2) is 0 Å². The molecule has 1 aromatic carbocycles. The Morgan fingerprint density at radius 3 is 3.00 bits per heavy atom. The molecule has 0 aliphatic rings. The number of aromatic nitrogens is 1. The Labute approximate surface area is 101 Å². The van der Waals surface area contributed by atoms with Crippen molar-refractivity contribution in [2.75, 3.05) is 5.32 Å². The molecule has 2 aromatic rings. The fourth-order valence-electron chi connectivity index (χ4n) is 1.44. The number of amides is 1. The second kappa shape index (κ2) is 4.27. The lowest BCUT2D eigenvalue weighted by Gasteiger charge is -2.06. The van der Waals surface area contributed by atoms with Gasteiger partial charge in [0.2, 0.25) is 5.91 Å². The highest BCUT2D eigenvalue weighted by Gasteiger charge is 2.10. The third kappa shape index (κ3) is 2.10. The molecule has 84 valence electrons. The molecule has 0 bridgehead atoms. The SMILES string of the molecule is CC(N)C(=O)Nc1c[nH]c2ccc(Br)cc12. The molecule has 0 saturated carbocycles. The summed E-state index contributed by atoms with van der Waals surface area (Å²) in [6.45, 7) is 1.65. The molecular formula is C11H12BrN3O. The molecule has 4 nitrogen and oxygen atoms in total. The van der Waals surface area contributed by atoms with Gasteiger partial charge < -0.3 is 16.0 Å². The highest BCUT2D eigenvalue weighted by Crippen LogP contribution is 2.26. The van der Waals surface area contributed by atoms with E-state index in [9.17, 15) is 4.79 Å². The van der Waals surface area contributed by atoms with E-state index in [1.807, 2.05) is 18.2 Å². The van der Waals surface area contributed by atoms with Crippen molar-refractivity contribution in [3.63, 3.8) is 0 Å². The lowest BCUT2D eigenvalue weighted by molar-refractivity contribution is -0.117. The van der Waals surface area contributed by atoms with Crippen molar-refractivity contribution in [2.45, 2.75) is 13.0 Å². The zero-order valence-corrected chi connectivity index (χ0v) is 10.3. The average Bonchev–Trinajstić information content (AvgIpc) is 2.61. The number of nitrogens with one attached hydrogen (secondary N) is 2. The lowest BCUT2D eigenvalue weighted by atomic mass is 10.2. The standard InChI is InChI=1S/C11H12BrN3O/c1-6(13)11(16)15-10-5-14-9-3-2-7(12)4-8(9)10/h2-6,14H,13H2,1H3,(H,15,16). The minimum absolute atomic E-state index is 0.194. The molecule has 1 heterocycles. The number of carbonyl (C=O) groups excluding carboxylic acids is 1. The first kappa shape index (κ1) is 11.2. The van der Waals surface area contributed by atoms with Crippen molar-refractivity contribution in [2.24, 2.45) is 5.73 Å². The molecule has 1 unspecified atom stereocenters. The van der Waals surface area contributed by atoms with Gasteiger partial charge in [-0.05, 0) is 25.1 Å². The van der Waals surface area contributed by atoms with Crippen LogP contribution in [0.25, 0.3) is 10.9 Å². The molecule has 5 heteroatoms. The van der Waals surface area contributed by atoms with Gasteiger partial charge in [0.05, 0.1) is 11.7 Å². The predicted molar refractivity (Wildman–Crippen MR) is 68.3 cm³/mol. The molecule has 1 aromatic heterocycles. The van der Waals surface area contributed by atoms with Gasteiger partial charge in [0.1, 0.15) is 0 Å². The summed E-state index contributed by atoms with van der Waals surface area (Å²) >= 11 is 3.40. The number of hydrogen-bond acceptors (Lipinski definition) is 2. The third-order valence-electron chi connectivity index (χ3n) is 2.32. The maximum atomic E-state index is 11.5. The number of H-pyrrole nitrogens is 1. The largest absolute Gasteiger partial charge is 0.359 e. The minimum atomic E-state index is -0.517. The number of anilines is 1. The number of halogens is 1. The maximum absolute atomic E-state index is 11.5. The van der Waals surface area contributed by atoms with E-state index in [1.54, 1.807) is 13.1 Å². The molecule has 4 N–H and O–H groups in total. The number of nitrogens with two attached hydrogens (primary N) is 1. The van der Waals surface area contributed by atoms with E-state index in [0.717, 1.165) is 21.1 Å². The van der Waals surface area contributed by atoms with E-state index in [1.165, 1.54) is 0 Å². The molecule has 0 saturated heterocycles. The molecule has 0 radical (unpaired) electrons. The van der Waals surface area contributed by atoms with E-state index in [0.29, 0.717) is 0 Å². The number of rotatable bonds is 2. The van der Waals surface area contributed by atoms with Crippen LogP contribution in [0.4, 0.5) is 5.69 Å². The number of hydrogen-bond donors (Lipinski definition) is 3. The van der Waals surface area contributed by atoms with E-state index < -0.39 is 6.04 Å². The van der Waals surface area contributed by atoms with E-state index in [-0.39, 0.29) is 5.91 Å². The minimum Gasteiger partial charge on any atom is -0.359 e. The topological polar surface area (TPSA) is 70.9 Å². The fourth-order valence-corrected chi connectivity index (χ4v) is 1.80. The van der Waals surface area contributed by atoms with Crippen molar-refractivity contribution >= 4 is 38.4 Å². The first-order valence-electron chi connectivity index (χ1n) is 4.91. The van der Waals surface area contributed by atoms with Crippen LogP contribution in [0.1, 0.15) is 6.92 Å². The van der Waals surface area contributed by atoms with Gasteiger partial charge in [-0.3, -0.25) is 4.79 Å². The van der Waals surface area contributed by atoms with E-state index >= 15 is 0 Å². The van der Waals surface area contributed by atoms with Crippen molar-refractivity contribution < 1.29 is 4.79 Å². The van der Waals surface area contributed by atoms with Crippen LogP contribution in [0.15, 0.2) is 28.9 Å². The van der Waals surface area contributed by atoms with E-state index in [2.05, 4.69) is 26.2 Å². The van der Waals surface area contributed by atoms with Gasteiger partial charge in [-0.15, -0.1) is 0 Å². The van der Waals surface area contributed by atoms with Gasteiger partial charge in [0, 0.05) is 21.6 Å². The molecule has 2 rings (SSSR count). The summed E-state index contributed by atoms with van der Waals surface area (Å²) in [6, 6.07) is 5.32. The molecule has 0 aliphatic heterocycles. The summed E-state index contributed by atoms with van der Waals surface area (Å²) in [4.78, 5) is 14.6. The predicted octanol–water partition coefficient (Wildman–Crippen LogP) is 2.22. The monoisotopic (exact) mass is 281 g/mol. The Morgan fingerprint density at radius 1 is 1.56 bits per heavy atom. The summed E-state index contributed by atoms with van der Waals surface area (Å²) in [6.07, 6.45) is 1.76. The first-order chi connectivity index (χ1) is 7.58. The molecule has 0 aliphatic carbocycles. The summed E-state index contributed by atoms with van der Waals surface area (Å²) < 4.78 is 0.968. The Kier molecular flexibility index (Phi) is 2.98. The number of benzene rings is 1. The van der Waals surface area contributed by atoms with Crippen molar-refractivity contribution in [3.05, 3.63) is 28.9 Å². The quantitative estimate of drug-likeness (QED) is 0.790. The van der Waals surface area contributed by atoms with Crippen LogP contribution in [0.5, 0.6) is 0 Å². The highest BCUT2D eigenvalue weighted by molar-refractivity contribution is 9.10. The van der Waals surface area contributed by atoms with Crippen LogP contribution in [-0.4, -0.2) is 16.9 Å². The molecule has 1 atom stereocenters. The Balaban J connectivity index is 2.38. The van der Waals surface area contributed by atoms with E-state index in [4.69, 9.17) is 5.73 Å². The smallest absolute Gasteiger partial charge is 0.241 e. The summed E-state index contributed by atoms with van der Waals surface area (Å²) in [5, 5.41) is 3.74. The van der Waals surface area contributed by atoms with Crippen LogP contribution in [0.2, 0.25) is 0 Å². The van der Waals surface area contributed by atoms with Crippen LogP contribution in [-0.2, 0) is 4.79 Å². The number of fused-ring (bicyclic) bond motifs is 1. The Bertz CT molecular complexity index is 533. The van der Waals surface area contributed by atoms with Crippen molar-refractivity contribution in [3.8, 4) is 0 Å². The van der Waals surface area contributed by atoms with Gasteiger partial charge in [-0.2, -0.15) is 0 Å². The van der Waals surface area contributed by atoms with Gasteiger partial charge in [-0.25, -0.2) is 0 Å². The van der Waals surface area contributed by atoms with Gasteiger partial charge >= 0.3 is 0 Å². The number of carbonyl (C=O) groups is 1. The number of aromatic amines is 1. The van der Waals surface area contributed by atoms with Gasteiger partial charge in [-0.1, -0.05) is 15.9 Å². The van der Waals surface area contributed by atoms with Crippen molar-refractivity contribution in [1.29, 1.82) is 0 Å². The molecular weight excluding hydrogens is 270 g/mol. The van der Waals surface area contributed by atoms with Crippen LogP contribution < -0.4 is 11.1 Å². The summed E-state index contributed by atoms with van der Waals surface area (Å²) in [5.74, 6) is -0.194. The molecule has 1 amide bonds. The zero-order valence-electron chi connectivity index (χ0n) is 8.75. The normalized spacial score (nSPS) is 12.7. The molecule has 0 spiro atoms. The zero-order chi connectivity index (χ0) is 11.7. The summed E-state index contributed by atoms with van der Waals surface area (Å²) in [7, 11) is 0. The highest BCUT2D eigenvalue weighted by atomic mass is 79.9. The Hall–Kier alpha value is -1.33. The van der Waals surface area contributed by atoms with Crippen LogP contribution in [0.3, 0.4) is 0 Å². The fraction of sp³-hybridized carbons (Fsp3) is 0.182. The van der Waals surface area contributed by atoms with Crippen molar-refractivity contribution in [1.82, 2.24) is 4.98 Å². The maximum Gasteiger partial charge on any atom is 0.241 e. The second-order valence-electron chi connectivity index (χ2n) is 3.67. The Morgan fingerprint density at radius 2 is 2.31 bits per heavy atom. The van der Waals surface area contributed by atoms with Gasteiger partial charge in [0.25, 0.3) is 0 Å². The summed E-state index contributed by atoms with van der Waals surface area (Å²) in [5.41, 5.74) is 7.22. The third-order valence-corrected chi connectivity index (χ3v) is 2.81. The second-order valence-corrected chi connectivity index (χ2v) is 4.59. The molecule has 16 heavy (non-hydrogen) atoms. The van der Waals surface area contributed by atoms with Crippen LogP contribution in [0, 0.1) is 0 Å².